The third-order valence-electron chi connectivity index (χ3n) is 4.92. The lowest BCUT2D eigenvalue weighted by molar-refractivity contribution is 0.127. The minimum Gasteiger partial charge on any atom is -0.468 e. The van der Waals surface area contributed by atoms with Gasteiger partial charge in [0.25, 0.3) is 0 Å². The van der Waals surface area contributed by atoms with Crippen LogP contribution in [0.25, 0.3) is 21.8 Å². The zero-order chi connectivity index (χ0) is 20.6. The van der Waals surface area contributed by atoms with Crippen molar-refractivity contribution in [3.63, 3.8) is 0 Å². The van der Waals surface area contributed by atoms with Crippen molar-refractivity contribution in [1.29, 1.82) is 0 Å². The fourth-order valence-corrected chi connectivity index (χ4v) is 4.42. The van der Waals surface area contributed by atoms with Gasteiger partial charge in [0, 0.05) is 28.4 Å². The van der Waals surface area contributed by atoms with Crippen LogP contribution in [0.15, 0.2) is 65.3 Å². The number of aliphatic hydroxyl groups is 1. The molecule has 2 aromatic carbocycles. The molecule has 0 bridgehead atoms. The minimum atomic E-state index is -3.55. The predicted molar refractivity (Wildman–Crippen MR) is 109 cm³/mol. The Labute approximate surface area is 167 Å². The molecule has 0 amide bonds. The van der Waals surface area contributed by atoms with Crippen molar-refractivity contribution in [2.24, 2.45) is 0 Å². The highest BCUT2D eigenvalue weighted by Crippen LogP contribution is 2.29. The zero-order valence-corrected chi connectivity index (χ0v) is 16.6. The van der Waals surface area contributed by atoms with Gasteiger partial charge in [-0.3, -0.25) is 0 Å². The summed E-state index contributed by atoms with van der Waals surface area (Å²) < 4.78 is 46.5. The fraction of sp³-hybridized carbons (Fsp3) is 0.238. The topological polar surface area (TPSA) is 75.7 Å². The lowest BCUT2D eigenvalue weighted by atomic mass is 10.1. The number of hydrogen-bond acceptors (Lipinski definition) is 4. The Morgan fingerprint density at radius 1 is 1.10 bits per heavy atom. The molecule has 0 saturated carbocycles. The maximum absolute atomic E-state index is 13.8. The van der Waals surface area contributed by atoms with E-state index < -0.39 is 16.1 Å². The van der Waals surface area contributed by atoms with E-state index in [-0.39, 0.29) is 25.5 Å². The summed E-state index contributed by atoms with van der Waals surface area (Å²) in [4.78, 5) is 0. The normalized spacial score (nSPS) is 13.5. The molecule has 8 heteroatoms. The minimum absolute atomic E-state index is 0.0429. The highest BCUT2D eigenvalue weighted by Gasteiger charge is 2.23. The van der Waals surface area contributed by atoms with E-state index in [0.29, 0.717) is 5.76 Å². The molecule has 1 atom stereocenters. The molecule has 152 valence electrons. The second-order valence-electron chi connectivity index (χ2n) is 7.08. The molecule has 29 heavy (non-hydrogen) atoms. The van der Waals surface area contributed by atoms with Gasteiger partial charge in [0.1, 0.15) is 11.6 Å². The average Bonchev–Trinajstić information content (AvgIpc) is 3.28. The van der Waals surface area contributed by atoms with Crippen molar-refractivity contribution >= 4 is 31.8 Å². The molecular formula is C21H21FN2O4S. The molecule has 1 N–H and O–H groups in total. The first-order valence-corrected chi connectivity index (χ1v) is 11.0. The Bertz CT molecular complexity index is 1250. The summed E-state index contributed by atoms with van der Waals surface area (Å²) in [7, 11) is -3.55. The first-order chi connectivity index (χ1) is 13.8. The second kappa shape index (κ2) is 7.62. The molecule has 6 nitrogen and oxygen atoms in total. The number of halogens is 1. The van der Waals surface area contributed by atoms with Gasteiger partial charge in [-0.2, -0.15) is 4.31 Å². The summed E-state index contributed by atoms with van der Waals surface area (Å²) in [6.45, 7) is 0.121. The zero-order valence-electron chi connectivity index (χ0n) is 15.8. The number of nitrogens with zero attached hydrogens (tertiary/aromatic N) is 2. The third kappa shape index (κ3) is 4.05. The number of sulfonamides is 1. The molecule has 2 aromatic heterocycles. The lowest BCUT2D eigenvalue weighted by Gasteiger charge is -2.23. The Morgan fingerprint density at radius 3 is 2.59 bits per heavy atom. The molecular weight excluding hydrogens is 395 g/mol. The van der Waals surface area contributed by atoms with Crippen molar-refractivity contribution in [2.45, 2.75) is 19.2 Å². The van der Waals surface area contributed by atoms with E-state index >= 15 is 0 Å². The van der Waals surface area contributed by atoms with E-state index in [1.165, 1.54) is 22.7 Å². The van der Waals surface area contributed by atoms with Gasteiger partial charge in [0.2, 0.25) is 10.0 Å². The van der Waals surface area contributed by atoms with Gasteiger partial charge in [0.15, 0.2) is 0 Å². The molecule has 0 aliphatic heterocycles. The average molecular weight is 416 g/mol. The lowest BCUT2D eigenvalue weighted by Crippen LogP contribution is -2.38. The van der Waals surface area contributed by atoms with Crippen molar-refractivity contribution in [3.8, 4) is 0 Å². The number of para-hydroxylation sites is 1. The molecule has 4 rings (SSSR count). The van der Waals surface area contributed by atoms with Crippen LogP contribution in [-0.2, 0) is 23.1 Å². The molecule has 0 spiro atoms. The highest BCUT2D eigenvalue weighted by atomic mass is 32.2. The Morgan fingerprint density at radius 2 is 1.86 bits per heavy atom. The van der Waals surface area contributed by atoms with Crippen LogP contribution in [0.1, 0.15) is 5.76 Å². The summed E-state index contributed by atoms with van der Waals surface area (Å²) in [5, 5.41) is 12.4. The monoisotopic (exact) mass is 416 g/mol. The van der Waals surface area contributed by atoms with Gasteiger partial charge in [-0.05, 0) is 36.4 Å². The Balaban J connectivity index is 1.65. The summed E-state index contributed by atoms with van der Waals surface area (Å²) in [5.41, 5.74) is 1.63. The van der Waals surface area contributed by atoms with Gasteiger partial charge < -0.3 is 14.1 Å². The largest absolute Gasteiger partial charge is 0.468 e. The first kappa shape index (κ1) is 19.6. The number of fused-ring (bicyclic) bond motifs is 3. The second-order valence-corrected chi connectivity index (χ2v) is 9.06. The molecule has 0 saturated heterocycles. The molecule has 0 aliphatic rings. The van der Waals surface area contributed by atoms with Gasteiger partial charge in [-0.1, -0.05) is 18.2 Å². The van der Waals surface area contributed by atoms with Crippen LogP contribution < -0.4 is 0 Å². The van der Waals surface area contributed by atoms with Crippen LogP contribution in [-0.4, -0.2) is 41.3 Å². The molecule has 1 unspecified atom stereocenters. The fourth-order valence-electron chi connectivity index (χ4n) is 3.62. The molecule has 4 aromatic rings. The van der Waals surface area contributed by atoms with E-state index in [0.717, 1.165) is 28.1 Å². The highest BCUT2D eigenvalue weighted by molar-refractivity contribution is 7.88. The van der Waals surface area contributed by atoms with E-state index in [4.69, 9.17) is 4.42 Å². The van der Waals surface area contributed by atoms with E-state index in [1.807, 2.05) is 28.8 Å². The summed E-state index contributed by atoms with van der Waals surface area (Å²) in [5.74, 6) is 0.164. The van der Waals surface area contributed by atoms with Crippen LogP contribution in [0.5, 0.6) is 0 Å². The number of aliphatic hydroxyl groups excluding tert-OH is 1. The summed E-state index contributed by atoms with van der Waals surface area (Å²) in [6.07, 6.45) is 1.61. The third-order valence-corrected chi connectivity index (χ3v) is 6.14. The first-order valence-electron chi connectivity index (χ1n) is 9.15. The standard InChI is InChI=1S/C21H21FN2O4S/c1-29(26,27)23(14-17-5-4-10-28-17)12-16(25)13-24-20-7-3-2-6-18(20)19-11-15(22)8-9-21(19)24/h2-11,16,25H,12-14H2,1H3. The van der Waals surface area contributed by atoms with Gasteiger partial charge >= 0.3 is 0 Å². The van der Waals surface area contributed by atoms with Crippen LogP contribution in [0, 0.1) is 5.82 Å². The number of benzene rings is 2. The molecule has 0 aliphatic carbocycles. The molecule has 0 radical (unpaired) electrons. The van der Waals surface area contributed by atoms with Gasteiger partial charge in [0.05, 0.1) is 31.7 Å². The van der Waals surface area contributed by atoms with E-state index in [2.05, 4.69) is 0 Å². The van der Waals surface area contributed by atoms with Crippen molar-refractivity contribution in [3.05, 3.63) is 72.4 Å². The predicted octanol–water partition coefficient (Wildman–Crippen LogP) is 3.35. The van der Waals surface area contributed by atoms with Gasteiger partial charge in [-0.25, -0.2) is 12.8 Å². The summed E-state index contributed by atoms with van der Waals surface area (Å²) >= 11 is 0. The van der Waals surface area contributed by atoms with Gasteiger partial charge in [-0.15, -0.1) is 0 Å². The van der Waals surface area contributed by atoms with Crippen molar-refractivity contribution < 1.29 is 22.3 Å². The van der Waals surface area contributed by atoms with Crippen molar-refractivity contribution in [1.82, 2.24) is 8.87 Å². The maximum Gasteiger partial charge on any atom is 0.211 e. The quantitative estimate of drug-likeness (QED) is 0.501. The van der Waals surface area contributed by atoms with E-state index in [1.54, 1.807) is 18.2 Å². The van der Waals surface area contributed by atoms with E-state index in [9.17, 15) is 17.9 Å². The van der Waals surface area contributed by atoms with Crippen LogP contribution >= 0.6 is 0 Å². The number of furan rings is 1. The number of hydrogen-bond donors (Lipinski definition) is 1. The van der Waals surface area contributed by atoms with Crippen molar-refractivity contribution in [2.75, 3.05) is 12.8 Å². The van der Waals surface area contributed by atoms with Crippen LogP contribution in [0.3, 0.4) is 0 Å². The van der Waals surface area contributed by atoms with Crippen LogP contribution in [0.2, 0.25) is 0 Å². The molecule has 2 heterocycles. The van der Waals surface area contributed by atoms with Crippen LogP contribution in [0.4, 0.5) is 4.39 Å². The Kier molecular flexibility index (Phi) is 5.16. The number of rotatable bonds is 7. The summed E-state index contributed by atoms with van der Waals surface area (Å²) in [6, 6.07) is 15.5. The smallest absolute Gasteiger partial charge is 0.211 e. The maximum atomic E-state index is 13.8. The number of aromatic nitrogens is 1. The molecule has 0 fully saturated rings. The Hall–Kier alpha value is -2.68. The SMILES string of the molecule is CS(=O)(=O)N(Cc1ccco1)CC(O)Cn1c2ccccc2c2cc(F)ccc21.